The molecule has 3 aromatic heterocycles. The summed E-state index contributed by atoms with van der Waals surface area (Å²) in [6, 6.07) is 7.70. The van der Waals surface area contributed by atoms with Crippen LogP contribution in [0.5, 0.6) is 0 Å². The highest BCUT2D eigenvalue weighted by Gasteiger charge is 2.34. The van der Waals surface area contributed by atoms with Gasteiger partial charge in [-0.05, 0) is 44.0 Å². The molecule has 0 aromatic carbocycles. The molecule has 1 fully saturated rings. The lowest BCUT2D eigenvalue weighted by Crippen LogP contribution is -2.40. The van der Waals surface area contributed by atoms with E-state index in [1.807, 2.05) is 28.8 Å². The zero-order valence-electron chi connectivity index (χ0n) is 15.1. The molecule has 1 aliphatic heterocycles. The quantitative estimate of drug-likeness (QED) is 0.673. The van der Waals surface area contributed by atoms with E-state index in [1.165, 1.54) is 13.0 Å². The average molecular weight is 389 g/mol. The molecule has 1 amide bonds. The largest absolute Gasteiger partial charge is 0.433 e. The number of amides is 1. The molecule has 0 radical (unpaired) electrons. The Kier molecular flexibility index (Phi) is 4.52. The molecule has 0 N–H and O–H groups in total. The molecule has 6 nitrogen and oxygen atoms in total. The maximum absolute atomic E-state index is 12.9. The zero-order valence-corrected chi connectivity index (χ0v) is 15.1. The van der Waals surface area contributed by atoms with Gasteiger partial charge in [-0.25, -0.2) is 4.98 Å². The molecule has 1 aliphatic rings. The predicted octanol–water partition coefficient (Wildman–Crippen LogP) is 3.47. The van der Waals surface area contributed by atoms with E-state index in [2.05, 4.69) is 15.2 Å². The number of alkyl halides is 3. The van der Waals surface area contributed by atoms with Gasteiger partial charge >= 0.3 is 6.18 Å². The van der Waals surface area contributed by atoms with Crippen molar-refractivity contribution >= 4 is 11.6 Å². The van der Waals surface area contributed by atoms with E-state index in [4.69, 9.17) is 0 Å². The molecular weight excluding hydrogens is 371 g/mol. The predicted molar refractivity (Wildman–Crippen MR) is 94.8 cm³/mol. The number of fused-ring (bicyclic) bond motifs is 1. The van der Waals surface area contributed by atoms with Crippen LogP contribution >= 0.6 is 0 Å². The molecule has 4 heterocycles. The minimum absolute atomic E-state index is 0.0119. The lowest BCUT2D eigenvalue weighted by Gasteiger charge is -2.32. The molecule has 0 bridgehead atoms. The Balaban J connectivity index is 1.57. The Hall–Kier alpha value is -2.97. The Bertz CT molecular complexity index is 1030. The molecular formula is C19H18F3N5O. The molecule has 1 saturated heterocycles. The van der Waals surface area contributed by atoms with Gasteiger partial charge in [0.2, 0.25) is 0 Å². The summed E-state index contributed by atoms with van der Waals surface area (Å²) in [5, 5.41) is 8.44. The standard InChI is InChI=1S/C19H18F3N5O/c1-12-14(7-8-15(23-12)19(20,21)22)18(28)26-9-4-5-13(11-26)17-25-24-16-6-2-3-10-27(16)17/h2-3,6-8,10,13H,4-5,9,11H2,1H3. The van der Waals surface area contributed by atoms with Crippen molar-refractivity contribution in [1.29, 1.82) is 0 Å². The van der Waals surface area contributed by atoms with Gasteiger partial charge in [0.1, 0.15) is 11.5 Å². The van der Waals surface area contributed by atoms with Crippen molar-refractivity contribution in [2.75, 3.05) is 13.1 Å². The second-order valence-corrected chi connectivity index (χ2v) is 6.90. The first kappa shape index (κ1) is 18.4. The molecule has 3 aromatic rings. The fourth-order valence-electron chi connectivity index (χ4n) is 3.63. The first-order valence-electron chi connectivity index (χ1n) is 8.98. The number of nitrogens with zero attached hydrogens (tertiary/aromatic N) is 5. The monoisotopic (exact) mass is 389 g/mol. The Morgan fingerprint density at radius 2 is 2.00 bits per heavy atom. The Morgan fingerprint density at radius 1 is 1.18 bits per heavy atom. The van der Waals surface area contributed by atoms with Crippen molar-refractivity contribution in [3.63, 3.8) is 0 Å². The number of aryl methyl sites for hydroxylation is 1. The molecule has 1 unspecified atom stereocenters. The summed E-state index contributed by atoms with van der Waals surface area (Å²) in [5.41, 5.74) is 0.0198. The zero-order chi connectivity index (χ0) is 19.9. The van der Waals surface area contributed by atoms with Gasteiger partial charge in [0.25, 0.3) is 5.91 Å². The van der Waals surface area contributed by atoms with Crippen molar-refractivity contribution in [2.45, 2.75) is 31.9 Å². The fraction of sp³-hybridized carbons (Fsp3) is 0.368. The van der Waals surface area contributed by atoms with Gasteiger partial charge in [0.15, 0.2) is 5.65 Å². The highest BCUT2D eigenvalue weighted by atomic mass is 19.4. The topological polar surface area (TPSA) is 63.4 Å². The molecule has 9 heteroatoms. The van der Waals surface area contributed by atoms with Crippen molar-refractivity contribution in [3.05, 3.63) is 59.3 Å². The van der Waals surface area contributed by atoms with Crippen LogP contribution in [0.1, 0.15) is 46.3 Å². The van der Waals surface area contributed by atoms with Gasteiger partial charge in [-0.2, -0.15) is 13.2 Å². The summed E-state index contributed by atoms with van der Waals surface area (Å²) in [4.78, 5) is 18.2. The van der Waals surface area contributed by atoms with E-state index < -0.39 is 11.9 Å². The van der Waals surface area contributed by atoms with Crippen molar-refractivity contribution in [2.24, 2.45) is 0 Å². The molecule has 28 heavy (non-hydrogen) atoms. The summed E-state index contributed by atoms with van der Waals surface area (Å²) >= 11 is 0. The number of halogens is 3. The van der Waals surface area contributed by atoms with Crippen LogP contribution in [0.3, 0.4) is 0 Å². The number of rotatable bonds is 2. The average Bonchev–Trinajstić information content (AvgIpc) is 3.11. The van der Waals surface area contributed by atoms with E-state index in [0.717, 1.165) is 30.4 Å². The summed E-state index contributed by atoms with van der Waals surface area (Å²) < 4.78 is 40.4. The van der Waals surface area contributed by atoms with Crippen LogP contribution < -0.4 is 0 Å². The number of hydrogen-bond acceptors (Lipinski definition) is 4. The van der Waals surface area contributed by atoms with Crippen LogP contribution in [0, 0.1) is 6.92 Å². The van der Waals surface area contributed by atoms with Crippen LogP contribution in [0.4, 0.5) is 13.2 Å². The molecule has 4 rings (SSSR count). The van der Waals surface area contributed by atoms with Crippen LogP contribution in [0.25, 0.3) is 5.65 Å². The van der Waals surface area contributed by atoms with Gasteiger partial charge in [-0.1, -0.05) is 6.07 Å². The van der Waals surface area contributed by atoms with E-state index in [0.29, 0.717) is 13.1 Å². The number of carbonyl (C=O) groups is 1. The van der Waals surface area contributed by atoms with E-state index >= 15 is 0 Å². The first-order valence-corrected chi connectivity index (χ1v) is 8.98. The van der Waals surface area contributed by atoms with Gasteiger partial charge in [0, 0.05) is 25.2 Å². The molecule has 146 valence electrons. The summed E-state index contributed by atoms with van der Waals surface area (Å²) in [6.45, 7) is 2.41. The van der Waals surface area contributed by atoms with Crippen LogP contribution in [-0.4, -0.2) is 43.5 Å². The number of likely N-dealkylation sites (tertiary alicyclic amines) is 1. The molecule has 1 atom stereocenters. The van der Waals surface area contributed by atoms with Crippen LogP contribution in [0.15, 0.2) is 36.5 Å². The van der Waals surface area contributed by atoms with Crippen molar-refractivity contribution in [1.82, 2.24) is 24.5 Å². The van der Waals surface area contributed by atoms with Crippen LogP contribution in [0.2, 0.25) is 0 Å². The minimum Gasteiger partial charge on any atom is -0.338 e. The van der Waals surface area contributed by atoms with Gasteiger partial charge < -0.3 is 4.90 Å². The normalized spacial score (nSPS) is 17.9. The molecule has 0 aliphatic carbocycles. The number of piperidine rings is 1. The third kappa shape index (κ3) is 3.32. The summed E-state index contributed by atoms with van der Waals surface area (Å²) in [5.74, 6) is 0.491. The van der Waals surface area contributed by atoms with Crippen molar-refractivity contribution < 1.29 is 18.0 Å². The fourth-order valence-corrected chi connectivity index (χ4v) is 3.63. The van der Waals surface area contributed by atoms with Crippen molar-refractivity contribution in [3.8, 4) is 0 Å². The van der Waals surface area contributed by atoms with Gasteiger partial charge in [-0.15, -0.1) is 10.2 Å². The lowest BCUT2D eigenvalue weighted by molar-refractivity contribution is -0.141. The third-order valence-corrected chi connectivity index (χ3v) is 5.02. The van der Waals surface area contributed by atoms with Gasteiger partial charge in [0.05, 0.1) is 11.3 Å². The third-order valence-electron chi connectivity index (χ3n) is 5.02. The molecule has 0 spiro atoms. The first-order chi connectivity index (χ1) is 13.3. The van der Waals surface area contributed by atoms with Crippen LogP contribution in [-0.2, 0) is 6.18 Å². The van der Waals surface area contributed by atoms with E-state index in [9.17, 15) is 18.0 Å². The summed E-state index contributed by atoms with van der Waals surface area (Å²) in [6.07, 6.45) is -0.998. The smallest absolute Gasteiger partial charge is 0.338 e. The highest BCUT2D eigenvalue weighted by Crippen LogP contribution is 2.30. The maximum atomic E-state index is 12.9. The second-order valence-electron chi connectivity index (χ2n) is 6.90. The van der Waals surface area contributed by atoms with Gasteiger partial charge in [-0.3, -0.25) is 9.20 Å². The van der Waals surface area contributed by atoms with E-state index in [-0.39, 0.29) is 23.1 Å². The number of carbonyl (C=O) groups excluding carboxylic acids is 1. The number of aromatic nitrogens is 4. The Labute approximate surface area is 159 Å². The minimum atomic E-state index is -4.53. The maximum Gasteiger partial charge on any atom is 0.433 e. The summed E-state index contributed by atoms with van der Waals surface area (Å²) in [7, 11) is 0. The molecule has 0 saturated carbocycles. The number of pyridine rings is 2. The van der Waals surface area contributed by atoms with E-state index in [1.54, 1.807) is 4.90 Å². The SMILES string of the molecule is Cc1nc(C(F)(F)F)ccc1C(=O)N1CCCC(c2nnc3ccccn23)C1. The number of hydrogen-bond donors (Lipinski definition) is 0. The highest BCUT2D eigenvalue weighted by molar-refractivity contribution is 5.95. The Morgan fingerprint density at radius 3 is 2.75 bits per heavy atom. The second kappa shape index (κ2) is 6.88. The lowest BCUT2D eigenvalue weighted by atomic mass is 9.96.